The number of halogens is 2. The van der Waals surface area contributed by atoms with Crippen LogP contribution in [0, 0.1) is 0 Å². The lowest BCUT2D eigenvalue weighted by atomic mass is 10.2. The summed E-state index contributed by atoms with van der Waals surface area (Å²) in [6.07, 6.45) is 4.96. The van der Waals surface area contributed by atoms with Crippen LogP contribution in [0.3, 0.4) is 0 Å². The predicted molar refractivity (Wildman–Crippen MR) is 103 cm³/mol. The van der Waals surface area contributed by atoms with Crippen LogP contribution in [-0.4, -0.2) is 33.3 Å². The standard InChI is InChI=1S/C14H12BrClN5PS/c1-22(2,23)12-10(4-3-9-11(12)18-6-5-17-9)20-13-8(15)7-19-14(16)21-13/h3-7H,1-2H3,(H,19,20,21). The molecular formula is C14H12BrClN5PS. The van der Waals surface area contributed by atoms with Crippen molar-refractivity contribution < 1.29 is 0 Å². The van der Waals surface area contributed by atoms with E-state index < -0.39 is 6.04 Å². The summed E-state index contributed by atoms with van der Waals surface area (Å²) >= 11 is 15.1. The number of hydrogen-bond acceptors (Lipinski definition) is 6. The van der Waals surface area contributed by atoms with Gasteiger partial charge in [-0.1, -0.05) is 11.8 Å². The molecular weight excluding hydrogens is 417 g/mol. The summed E-state index contributed by atoms with van der Waals surface area (Å²) in [6.45, 7) is 4.14. The molecule has 0 fully saturated rings. The van der Waals surface area contributed by atoms with Gasteiger partial charge in [0.25, 0.3) is 0 Å². The molecule has 1 N–H and O–H groups in total. The van der Waals surface area contributed by atoms with E-state index in [2.05, 4.69) is 54.5 Å². The monoisotopic (exact) mass is 427 g/mol. The Kier molecular flexibility index (Phi) is 4.65. The van der Waals surface area contributed by atoms with Gasteiger partial charge in [0.1, 0.15) is 5.82 Å². The van der Waals surface area contributed by atoms with E-state index in [-0.39, 0.29) is 5.28 Å². The average Bonchev–Trinajstić information content (AvgIpc) is 2.49. The van der Waals surface area contributed by atoms with Gasteiger partial charge in [-0.2, -0.15) is 4.98 Å². The summed E-state index contributed by atoms with van der Waals surface area (Å²) in [5, 5.41) is 4.46. The normalized spacial score (nSPS) is 11.7. The average molecular weight is 429 g/mol. The topological polar surface area (TPSA) is 63.6 Å². The quantitative estimate of drug-likeness (QED) is 0.503. The second kappa shape index (κ2) is 6.40. The highest BCUT2D eigenvalue weighted by atomic mass is 79.9. The lowest BCUT2D eigenvalue weighted by Gasteiger charge is -2.19. The van der Waals surface area contributed by atoms with Gasteiger partial charge >= 0.3 is 0 Å². The van der Waals surface area contributed by atoms with E-state index in [1.54, 1.807) is 18.6 Å². The second-order valence-electron chi connectivity index (χ2n) is 5.20. The highest BCUT2D eigenvalue weighted by Gasteiger charge is 2.19. The molecule has 0 radical (unpaired) electrons. The van der Waals surface area contributed by atoms with E-state index >= 15 is 0 Å². The molecule has 0 bridgehead atoms. The zero-order valence-corrected chi connectivity index (χ0v) is 16.3. The summed E-state index contributed by atoms with van der Waals surface area (Å²) in [5.41, 5.74) is 2.51. The Balaban J connectivity index is 2.21. The summed E-state index contributed by atoms with van der Waals surface area (Å²) in [7, 11) is 0. The fourth-order valence-electron chi connectivity index (χ4n) is 2.23. The Morgan fingerprint density at radius 3 is 2.65 bits per heavy atom. The maximum absolute atomic E-state index is 5.89. The Hall–Kier alpha value is -1.14. The Morgan fingerprint density at radius 2 is 1.91 bits per heavy atom. The molecule has 0 aliphatic rings. The van der Waals surface area contributed by atoms with Crippen molar-refractivity contribution in [2.75, 3.05) is 18.6 Å². The number of rotatable bonds is 3. The van der Waals surface area contributed by atoms with Gasteiger partial charge in [-0.3, -0.25) is 9.97 Å². The molecule has 0 aliphatic heterocycles. The van der Waals surface area contributed by atoms with Crippen molar-refractivity contribution in [2.24, 2.45) is 0 Å². The first-order valence-corrected chi connectivity index (χ1v) is 11.5. The molecule has 0 spiro atoms. The van der Waals surface area contributed by atoms with Crippen molar-refractivity contribution in [3.05, 3.63) is 40.5 Å². The van der Waals surface area contributed by atoms with Crippen LogP contribution >= 0.6 is 33.6 Å². The van der Waals surface area contributed by atoms with Crippen molar-refractivity contribution in [2.45, 2.75) is 0 Å². The van der Waals surface area contributed by atoms with E-state index in [9.17, 15) is 0 Å². The lowest BCUT2D eigenvalue weighted by molar-refractivity contribution is 1.15. The Bertz CT molecular complexity index is 946. The van der Waals surface area contributed by atoms with Crippen molar-refractivity contribution in [3.63, 3.8) is 0 Å². The number of benzene rings is 1. The molecule has 1 aromatic carbocycles. The van der Waals surface area contributed by atoms with Crippen LogP contribution in [0.4, 0.5) is 11.5 Å². The summed E-state index contributed by atoms with van der Waals surface area (Å²) in [4.78, 5) is 17.0. The van der Waals surface area contributed by atoms with Gasteiger partial charge in [-0.15, -0.1) is 0 Å². The molecule has 0 saturated carbocycles. The van der Waals surface area contributed by atoms with Crippen LogP contribution in [-0.2, 0) is 11.8 Å². The van der Waals surface area contributed by atoms with Crippen LogP contribution in [0.5, 0.6) is 0 Å². The molecule has 9 heteroatoms. The third-order valence-corrected chi connectivity index (χ3v) is 5.96. The highest BCUT2D eigenvalue weighted by Crippen LogP contribution is 2.41. The maximum Gasteiger partial charge on any atom is 0.224 e. The second-order valence-corrected chi connectivity index (χ2v) is 12.3. The van der Waals surface area contributed by atoms with Gasteiger partial charge in [-0.05, 0) is 59.0 Å². The minimum Gasteiger partial charge on any atom is -0.339 e. The number of hydrogen-bond donors (Lipinski definition) is 1. The number of nitrogens with zero attached hydrogens (tertiary/aromatic N) is 4. The summed E-state index contributed by atoms with van der Waals surface area (Å²) in [5.74, 6) is 0.581. The first-order chi connectivity index (χ1) is 10.9. The van der Waals surface area contributed by atoms with E-state index in [0.717, 1.165) is 22.0 Å². The summed E-state index contributed by atoms with van der Waals surface area (Å²) < 4.78 is 0.715. The molecule has 0 unspecified atom stereocenters. The van der Waals surface area contributed by atoms with Gasteiger partial charge < -0.3 is 5.32 Å². The molecule has 3 rings (SSSR count). The maximum atomic E-state index is 5.89. The van der Waals surface area contributed by atoms with Gasteiger partial charge in [0.15, 0.2) is 0 Å². The molecule has 2 aromatic heterocycles. The zero-order chi connectivity index (χ0) is 16.6. The lowest BCUT2D eigenvalue weighted by Crippen LogP contribution is -2.13. The minimum absolute atomic E-state index is 0.172. The highest BCUT2D eigenvalue weighted by molar-refractivity contribution is 9.10. The fourth-order valence-corrected chi connectivity index (χ4v) is 4.60. The predicted octanol–water partition coefficient (Wildman–Crippen LogP) is 3.94. The molecule has 23 heavy (non-hydrogen) atoms. The van der Waals surface area contributed by atoms with Crippen LogP contribution in [0.25, 0.3) is 11.0 Å². The molecule has 5 nitrogen and oxygen atoms in total. The van der Waals surface area contributed by atoms with Crippen LogP contribution in [0.15, 0.2) is 35.2 Å². The SMILES string of the molecule is CP(C)(=S)c1c(Nc2nc(Cl)ncc2Br)ccc2nccnc12. The first-order valence-electron chi connectivity index (χ1n) is 6.60. The molecule has 0 aliphatic carbocycles. The van der Waals surface area contributed by atoms with Gasteiger partial charge in [-0.25, -0.2) is 4.98 Å². The Labute approximate surface area is 152 Å². The third-order valence-electron chi connectivity index (χ3n) is 3.12. The number of fused-ring (bicyclic) bond motifs is 1. The van der Waals surface area contributed by atoms with Crippen molar-refractivity contribution in [3.8, 4) is 0 Å². The van der Waals surface area contributed by atoms with E-state index in [4.69, 9.17) is 23.4 Å². The molecule has 0 atom stereocenters. The Morgan fingerprint density at radius 1 is 1.17 bits per heavy atom. The van der Waals surface area contributed by atoms with E-state index in [0.29, 0.717) is 10.3 Å². The van der Waals surface area contributed by atoms with E-state index in [1.165, 1.54) is 0 Å². The zero-order valence-electron chi connectivity index (χ0n) is 12.3. The minimum atomic E-state index is -1.79. The summed E-state index contributed by atoms with van der Waals surface area (Å²) in [6, 6.07) is 2.07. The largest absolute Gasteiger partial charge is 0.339 e. The molecule has 0 amide bonds. The van der Waals surface area contributed by atoms with Gasteiger partial charge in [0.05, 0.1) is 21.2 Å². The van der Waals surface area contributed by atoms with Crippen molar-refractivity contribution in [1.82, 2.24) is 19.9 Å². The number of anilines is 2. The first kappa shape index (κ1) is 16.7. The van der Waals surface area contributed by atoms with Crippen molar-refractivity contribution in [1.29, 1.82) is 0 Å². The van der Waals surface area contributed by atoms with E-state index in [1.807, 2.05) is 12.1 Å². The van der Waals surface area contributed by atoms with Gasteiger partial charge in [0, 0.05) is 23.9 Å². The van der Waals surface area contributed by atoms with Gasteiger partial charge in [0.2, 0.25) is 5.28 Å². The molecule has 3 aromatic rings. The van der Waals surface area contributed by atoms with Crippen LogP contribution in [0.2, 0.25) is 5.28 Å². The number of nitrogens with one attached hydrogen (secondary N) is 1. The fraction of sp³-hybridized carbons (Fsp3) is 0.143. The molecule has 2 heterocycles. The molecule has 0 saturated heterocycles. The van der Waals surface area contributed by atoms with Crippen LogP contribution in [0.1, 0.15) is 0 Å². The van der Waals surface area contributed by atoms with Crippen LogP contribution < -0.4 is 10.6 Å². The third kappa shape index (κ3) is 3.53. The molecule has 118 valence electrons. The smallest absolute Gasteiger partial charge is 0.224 e. The van der Waals surface area contributed by atoms with Crippen molar-refractivity contribution >= 4 is 73.2 Å². The number of aromatic nitrogens is 4.